The van der Waals surface area contributed by atoms with E-state index in [0.29, 0.717) is 18.9 Å². The fraction of sp³-hybridized carbons (Fsp3) is 0.875. The summed E-state index contributed by atoms with van der Waals surface area (Å²) in [5, 5.41) is 21.7. The molecule has 6 heteroatoms. The van der Waals surface area contributed by atoms with Crippen LogP contribution in [-0.4, -0.2) is 52.3 Å². The standard InChI is InChI=1S/C16H28N2O4/c1-11-6-7-14(19)12(10-11)13-4-3-9-18(13)16(22)17-8-2-5-15(20)21/h11-14,19H,2-10H2,1H3,(H,17,22)(H,20,21). The number of aliphatic carboxylic acids is 1. The summed E-state index contributed by atoms with van der Waals surface area (Å²) in [7, 11) is 0. The Morgan fingerprint density at radius 2 is 2.05 bits per heavy atom. The first kappa shape index (κ1) is 17.1. The molecule has 1 saturated heterocycles. The van der Waals surface area contributed by atoms with Gasteiger partial charge >= 0.3 is 12.0 Å². The molecule has 0 aromatic heterocycles. The quantitative estimate of drug-likeness (QED) is 0.676. The number of likely N-dealkylation sites (tertiary alicyclic amines) is 1. The number of carboxylic acids is 1. The van der Waals surface area contributed by atoms with E-state index in [-0.39, 0.29) is 30.5 Å². The Labute approximate surface area is 131 Å². The van der Waals surface area contributed by atoms with Crippen LogP contribution in [0.3, 0.4) is 0 Å². The van der Waals surface area contributed by atoms with Crippen molar-refractivity contribution in [1.82, 2.24) is 10.2 Å². The topological polar surface area (TPSA) is 89.9 Å². The summed E-state index contributed by atoms with van der Waals surface area (Å²) in [6.07, 6.45) is 5.02. The van der Waals surface area contributed by atoms with Gasteiger partial charge in [-0.05, 0) is 44.4 Å². The molecule has 0 radical (unpaired) electrons. The van der Waals surface area contributed by atoms with Crippen molar-refractivity contribution in [3.8, 4) is 0 Å². The molecule has 2 aliphatic rings. The van der Waals surface area contributed by atoms with Crippen molar-refractivity contribution >= 4 is 12.0 Å². The van der Waals surface area contributed by atoms with Gasteiger partial charge in [0.15, 0.2) is 0 Å². The van der Waals surface area contributed by atoms with Crippen molar-refractivity contribution in [3.63, 3.8) is 0 Å². The van der Waals surface area contributed by atoms with E-state index in [1.165, 1.54) is 0 Å². The second-order valence-corrected chi connectivity index (χ2v) is 6.78. The zero-order valence-corrected chi connectivity index (χ0v) is 13.3. The van der Waals surface area contributed by atoms with Gasteiger partial charge in [-0.2, -0.15) is 0 Å². The van der Waals surface area contributed by atoms with Gasteiger partial charge in [0.2, 0.25) is 0 Å². The maximum Gasteiger partial charge on any atom is 0.317 e. The molecule has 1 heterocycles. The van der Waals surface area contributed by atoms with Gasteiger partial charge in [-0.25, -0.2) is 4.79 Å². The number of urea groups is 1. The smallest absolute Gasteiger partial charge is 0.317 e. The average molecular weight is 312 g/mol. The van der Waals surface area contributed by atoms with Crippen molar-refractivity contribution in [3.05, 3.63) is 0 Å². The highest BCUT2D eigenvalue weighted by atomic mass is 16.4. The van der Waals surface area contributed by atoms with Gasteiger partial charge in [0.25, 0.3) is 0 Å². The minimum Gasteiger partial charge on any atom is -0.481 e. The average Bonchev–Trinajstić information content (AvgIpc) is 2.95. The minimum atomic E-state index is -0.840. The molecule has 2 amide bonds. The second kappa shape index (κ2) is 7.81. The second-order valence-electron chi connectivity index (χ2n) is 6.78. The van der Waals surface area contributed by atoms with Crippen LogP contribution < -0.4 is 5.32 Å². The third-order valence-electron chi connectivity index (χ3n) is 5.02. The third-order valence-corrected chi connectivity index (χ3v) is 5.02. The molecule has 4 atom stereocenters. The molecule has 1 aliphatic carbocycles. The fourth-order valence-corrected chi connectivity index (χ4v) is 3.85. The molecule has 0 bridgehead atoms. The Morgan fingerprint density at radius 3 is 2.77 bits per heavy atom. The lowest BCUT2D eigenvalue weighted by molar-refractivity contribution is -0.137. The van der Waals surface area contributed by atoms with Crippen molar-refractivity contribution < 1.29 is 19.8 Å². The van der Waals surface area contributed by atoms with Crippen LogP contribution in [0.25, 0.3) is 0 Å². The van der Waals surface area contributed by atoms with E-state index in [4.69, 9.17) is 5.11 Å². The number of nitrogens with one attached hydrogen (secondary N) is 1. The van der Waals surface area contributed by atoms with E-state index in [0.717, 1.165) is 38.6 Å². The van der Waals surface area contributed by atoms with Crippen LogP contribution >= 0.6 is 0 Å². The van der Waals surface area contributed by atoms with Crippen LogP contribution in [0.4, 0.5) is 4.79 Å². The summed E-state index contributed by atoms with van der Waals surface area (Å²) in [4.78, 5) is 24.6. The van der Waals surface area contributed by atoms with Crippen molar-refractivity contribution in [2.24, 2.45) is 11.8 Å². The lowest BCUT2D eigenvalue weighted by atomic mass is 9.76. The highest BCUT2D eigenvalue weighted by molar-refractivity contribution is 5.75. The predicted octanol–water partition coefficient (Wildman–Crippen LogP) is 1.82. The third kappa shape index (κ3) is 4.35. The first-order valence-corrected chi connectivity index (χ1v) is 8.43. The molecule has 4 unspecified atom stereocenters. The van der Waals surface area contributed by atoms with E-state index < -0.39 is 5.97 Å². The van der Waals surface area contributed by atoms with E-state index in [1.54, 1.807) is 0 Å². The summed E-state index contributed by atoms with van der Waals surface area (Å²) in [5.74, 6) is -0.0573. The summed E-state index contributed by atoms with van der Waals surface area (Å²) in [5.41, 5.74) is 0. The zero-order chi connectivity index (χ0) is 16.1. The number of hydrogen-bond donors (Lipinski definition) is 3. The molecule has 1 aliphatic heterocycles. The van der Waals surface area contributed by atoms with Gasteiger partial charge in [0.05, 0.1) is 6.10 Å². The highest BCUT2D eigenvalue weighted by Crippen LogP contribution is 2.37. The number of rotatable bonds is 5. The number of hydrogen-bond acceptors (Lipinski definition) is 3. The van der Waals surface area contributed by atoms with Gasteiger partial charge < -0.3 is 20.4 Å². The SMILES string of the molecule is CC1CCC(O)C(C2CCCN2C(=O)NCCCC(=O)O)C1. The Bertz CT molecular complexity index is 402. The molecule has 6 nitrogen and oxygen atoms in total. The molecule has 0 aromatic rings. The maximum absolute atomic E-state index is 12.3. The van der Waals surface area contributed by atoms with E-state index in [9.17, 15) is 14.7 Å². The number of amides is 2. The van der Waals surface area contributed by atoms with Crippen molar-refractivity contribution in [1.29, 1.82) is 0 Å². The summed E-state index contributed by atoms with van der Waals surface area (Å²) >= 11 is 0. The summed E-state index contributed by atoms with van der Waals surface area (Å²) < 4.78 is 0. The van der Waals surface area contributed by atoms with E-state index >= 15 is 0 Å². The van der Waals surface area contributed by atoms with Crippen LogP contribution in [0.2, 0.25) is 0 Å². The van der Waals surface area contributed by atoms with E-state index in [2.05, 4.69) is 12.2 Å². The molecule has 2 fully saturated rings. The fourth-order valence-electron chi connectivity index (χ4n) is 3.85. The number of aliphatic hydroxyl groups is 1. The lowest BCUT2D eigenvalue weighted by Gasteiger charge is -2.39. The zero-order valence-electron chi connectivity index (χ0n) is 13.3. The Kier molecular flexibility index (Phi) is 6.06. The molecular weight excluding hydrogens is 284 g/mol. The molecule has 0 spiro atoms. The molecule has 3 N–H and O–H groups in total. The first-order valence-electron chi connectivity index (χ1n) is 8.43. The normalized spacial score (nSPS) is 32.0. The van der Waals surface area contributed by atoms with Gasteiger partial charge in [-0.3, -0.25) is 4.79 Å². The first-order chi connectivity index (χ1) is 10.5. The van der Waals surface area contributed by atoms with Crippen LogP contribution in [0, 0.1) is 11.8 Å². The number of carbonyl (C=O) groups excluding carboxylic acids is 1. The van der Waals surface area contributed by atoms with Gasteiger partial charge in [-0.1, -0.05) is 6.92 Å². The molecule has 126 valence electrons. The molecule has 1 saturated carbocycles. The molecule has 2 rings (SSSR count). The molecular formula is C16H28N2O4. The Balaban J connectivity index is 1.86. The summed E-state index contributed by atoms with van der Waals surface area (Å²) in [6, 6.07) is 0.00976. The lowest BCUT2D eigenvalue weighted by Crippen LogP contribution is -2.49. The predicted molar refractivity (Wildman–Crippen MR) is 82.5 cm³/mol. The monoisotopic (exact) mass is 312 g/mol. The van der Waals surface area contributed by atoms with Gasteiger partial charge in [0.1, 0.15) is 0 Å². The van der Waals surface area contributed by atoms with Crippen molar-refractivity contribution in [2.45, 2.75) is 64.0 Å². The minimum absolute atomic E-state index is 0.0720. The maximum atomic E-state index is 12.3. The van der Waals surface area contributed by atoms with Crippen LogP contribution in [0.1, 0.15) is 51.9 Å². The summed E-state index contributed by atoms with van der Waals surface area (Å²) in [6.45, 7) is 3.33. The number of carbonyl (C=O) groups is 2. The molecule has 0 aromatic carbocycles. The number of carboxylic acid groups (broad SMARTS) is 1. The van der Waals surface area contributed by atoms with Crippen LogP contribution in [0.5, 0.6) is 0 Å². The van der Waals surface area contributed by atoms with Crippen molar-refractivity contribution in [2.75, 3.05) is 13.1 Å². The Hall–Kier alpha value is -1.30. The van der Waals surface area contributed by atoms with Crippen LogP contribution in [-0.2, 0) is 4.79 Å². The van der Waals surface area contributed by atoms with Gasteiger partial charge in [-0.15, -0.1) is 0 Å². The largest absolute Gasteiger partial charge is 0.481 e. The Morgan fingerprint density at radius 1 is 1.27 bits per heavy atom. The van der Waals surface area contributed by atoms with Crippen LogP contribution in [0.15, 0.2) is 0 Å². The van der Waals surface area contributed by atoms with Gasteiger partial charge in [0, 0.05) is 31.5 Å². The van der Waals surface area contributed by atoms with E-state index in [1.807, 2.05) is 4.90 Å². The molecule has 22 heavy (non-hydrogen) atoms. The highest BCUT2D eigenvalue weighted by Gasteiger charge is 2.40. The number of aliphatic hydroxyl groups excluding tert-OH is 1. The number of nitrogens with zero attached hydrogens (tertiary/aromatic N) is 1.